The Balaban J connectivity index is 1.34. The van der Waals surface area contributed by atoms with E-state index < -0.39 is 5.25 Å². The molecule has 0 aliphatic carbocycles. The lowest BCUT2D eigenvalue weighted by molar-refractivity contribution is -0.121. The topological polar surface area (TPSA) is 102 Å². The van der Waals surface area contributed by atoms with Crippen molar-refractivity contribution in [2.24, 2.45) is 10.1 Å². The third kappa shape index (κ3) is 6.08. The van der Waals surface area contributed by atoms with Gasteiger partial charge in [-0.1, -0.05) is 47.6 Å². The molecule has 0 saturated heterocycles. The van der Waals surface area contributed by atoms with Crippen molar-refractivity contribution < 1.29 is 23.8 Å². The van der Waals surface area contributed by atoms with Gasteiger partial charge in [0.25, 0.3) is 5.91 Å². The number of amidine groups is 1. The highest BCUT2D eigenvalue weighted by molar-refractivity contribution is 8.15. The summed E-state index contributed by atoms with van der Waals surface area (Å²) < 4.78 is 15.8. The third-order valence-corrected chi connectivity index (χ3v) is 7.91. The Morgan fingerprint density at radius 3 is 2.25 bits per heavy atom. The third-order valence-electron chi connectivity index (χ3n) is 6.52. The van der Waals surface area contributed by atoms with Crippen molar-refractivity contribution >= 4 is 51.7 Å². The van der Waals surface area contributed by atoms with Crippen LogP contribution in [-0.2, 0) is 9.59 Å². The van der Waals surface area contributed by atoms with Gasteiger partial charge in [-0.05, 0) is 35.4 Å². The Labute approximate surface area is 241 Å². The van der Waals surface area contributed by atoms with Gasteiger partial charge in [0.1, 0.15) is 22.5 Å². The number of nitrogens with one attached hydrogen (secondary N) is 1. The standard InChI is InChI=1S/C29H27ClN4O5S/c1-37-21-10-6-18(7-11-21)25-15-24(17-4-8-19(30)9-5-17)33-34(25)29-32-28(36)26(40-29)16-27(35)31-20-12-22(38-2)14-23(13-20)39-3/h4-14,25-26H,15-16H2,1-3H3,(H,31,35)/t25-,26-/m0/s1. The fraction of sp³-hybridized carbons (Fsp3) is 0.241. The van der Waals surface area contributed by atoms with E-state index in [0.717, 1.165) is 22.6 Å². The average molecular weight is 579 g/mol. The Hall–Kier alpha value is -4.02. The van der Waals surface area contributed by atoms with E-state index in [0.29, 0.717) is 33.8 Å². The van der Waals surface area contributed by atoms with E-state index in [2.05, 4.69) is 10.3 Å². The number of amides is 2. The Bertz CT molecular complexity index is 1450. The summed E-state index contributed by atoms with van der Waals surface area (Å²) in [7, 11) is 4.69. The summed E-state index contributed by atoms with van der Waals surface area (Å²) in [6, 6.07) is 20.1. The first-order chi connectivity index (χ1) is 19.4. The number of hydrazone groups is 1. The number of thioether (sulfide) groups is 1. The number of anilines is 1. The molecular formula is C29H27ClN4O5S. The maximum atomic E-state index is 12.9. The van der Waals surface area contributed by atoms with Crippen LogP contribution in [0.2, 0.25) is 5.02 Å². The van der Waals surface area contributed by atoms with E-state index in [9.17, 15) is 9.59 Å². The molecular weight excluding hydrogens is 552 g/mol. The first-order valence-corrected chi connectivity index (χ1v) is 13.7. The van der Waals surface area contributed by atoms with Crippen LogP contribution < -0.4 is 19.5 Å². The monoisotopic (exact) mass is 578 g/mol. The molecule has 40 heavy (non-hydrogen) atoms. The lowest BCUT2D eigenvalue weighted by Gasteiger charge is -2.23. The Morgan fingerprint density at radius 1 is 0.975 bits per heavy atom. The molecule has 0 unspecified atom stereocenters. The van der Waals surface area contributed by atoms with Crippen LogP contribution in [0.3, 0.4) is 0 Å². The quantitative estimate of drug-likeness (QED) is 0.374. The number of nitrogens with zero attached hydrogens (tertiary/aromatic N) is 3. The molecule has 0 spiro atoms. The van der Waals surface area contributed by atoms with E-state index >= 15 is 0 Å². The highest BCUT2D eigenvalue weighted by Gasteiger charge is 2.39. The molecule has 0 bridgehead atoms. The number of rotatable bonds is 8. The minimum Gasteiger partial charge on any atom is -0.497 e. The van der Waals surface area contributed by atoms with Gasteiger partial charge in [0.15, 0.2) is 5.17 Å². The van der Waals surface area contributed by atoms with Crippen molar-refractivity contribution in [3.05, 3.63) is 82.9 Å². The highest BCUT2D eigenvalue weighted by atomic mass is 35.5. The summed E-state index contributed by atoms with van der Waals surface area (Å²) in [5, 5.41) is 9.89. The zero-order valence-corrected chi connectivity index (χ0v) is 23.7. The van der Waals surface area contributed by atoms with E-state index in [4.69, 9.17) is 30.9 Å². The van der Waals surface area contributed by atoms with Crippen molar-refractivity contribution in [1.82, 2.24) is 5.01 Å². The molecule has 3 aromatic rings. The second-order valence-electron chi connectivity index (χ2n) is 9.08. The second kappa shape index (κ2) is 12.0. The molecule has 206 valence electrons. The summed E-state index contributed by atoms with van der Waals surface area (Å²) in [6.07, 6.45) is 0.551. The predicted molar refractivity (Wildman–Crippen MR) is 157 cm³/mol. The molecule has 9 nitrogen and oxygen atoms in total. The van der Waals surface area contributed by atoms with Gasteiger partial charge >= 0.3 is 0 Å². The van der Waals surface area contributed by atoms with Gasteiger partial charge in [-0.2, -0.15) is 10.1 Å². The number of aliphatic imine (C=N–C) groups is 1. The molecule has 11 heteroatoms. The Kier molecular flexibility index (Phi) is 8.27. The fourth-order valence-corrected chi connectivity index (χ4v) is 5.64. The van der Waals surface area contributed by atoms with Gasteiger partial charge in [0, 0.05) is 41.8 Å². The van der Waals surface area contributed by atoms with Crippen LogP contribution in [0.5, 0.6) is 17.2 Å². The smallest absolute Gasteiger partial charge is 0.262 e. The molecule has 2 atom stereocenters. The number of ether oxygens (including phenoxy) is 3. The van der Waals surface area contributed by atoms with Crippen molar-refractivity contribution in [2.45, 2.75) is 24.1 Å². The molecule has 2 aliphatic rings. The van der Waals surface area contributed by atoms with E-state index in [1.807, 2.05) is 48.5 Å². The number of methoxy groups -OCH3 is 3. The average Bonchev–Trinajstić information content (AvgIpc) is 3.57. The van der Waals surface area contributed by atoms with E-state index in [-0.39, 0.29) is 24.3 Å². The number of halogens is 1. The molecule has 0 aromatic heterocycles. The van der Waals surface area contributed by atoms with Crippen molar-refractivity contribution in [3.8, 4) is 17.2 Å². The molecule has 1 N–H and O–H groups in total. The summed E-state index contributed by atoms with van der Waals surface area (Å²) in [4.78, 5) is 30.1. The first kappa shape index (κ1) is 27.5. The maximum Gasteiger partial charge on any atom is 0.262 e. The highest BCUT2D eigenvalue weighted by Crippen LogP contribution is 2.39. The van der Waals surface area contributed by atoms with E-state index in [1.165, 1.54) is 26.0 Å². The molecule has 2 heterocycles. The molecule has 0 radical (unpaired) electrons. The molecule has 3 aromatic carbocycles. The minimum absolute atomic E-state index is 0.0508. The minimum atomic E-state index is -0.672. The van der Waals surface area contributed by atoms with Crippen LogP contribution in [0, 0.1) is 0 Å². The van der Waals surface area contributed by atoms with Gasteiger partial charge < -0.3 is 19.5 Å². The lowest BCUT2D eigenvalue weighted by Crippen LogP contribution is -2.25. The first-order valence-electron chi connectivity index (χ1n) is 12.5. The number of hydrogen-bond acceptors (Lipinski definition) is 8. The molecule has 2 amide bonds. The molecule has 2 aliphatic heterocycles. The largest absolute Gasteiger partial charge is 0.497 e. The zero-order chi connectivity index (χ0) is 28.2. The molecule has 5 rings (SSSR count). The zero-order valence-electron chi connectivity index (χ0n) is 22.1. The summed E-state index contributed by atoms with van der Waals surface area (Å²) in [5.74, 6) is 1.13. The summed E-state index contributed by atoms with van der Waals surface area (Å²) in [5.41, 5.74) is 3.29. The van der Waals surface area contributed by atoms with Crippen molar-refractivity contribution in [3.63, 3.8) is 0 Å². The van der Waals surface area contributed by atoms with Gasteiger partial charge in [-0.3, -0.25) is 9.59 Å². The van der Waals surface area contributed by atoms with Crippen molar-refractivity contribution in [1.29, 1.82) is 0 Å². The number of hydrogen-bond donors (Lipinski definition) is 1. The SMILES string of the molecule is COc1ccc([C@@H]2CC(c3ccc(Cl)cc3)=NN2C2=NC(=O)[C@H](CC(=O)Nc3cc(OC)cc(OC)c3)S2)cc1. The van der Waals surface area contributed by atoms with Crippen LogP contribution in [0.25, 0.3) is 0 Å². The van der Waals surface area contributed by atoms with E-state index in [1.54, 1.807) is 30.3 Å². The van der Waals surface area contributed by atoms with Gasteiger partial charge in [-0.15, -0.1) is 0 Å². The predicted octanol–water partition coefficient (Wildman–Crippen LogP) is 5.54. The summed E-state index contributed by atoms with van der Waals surface area (Å²) in [6.45, 7) is 0. The van der Waals surface area contributed by atoms with Crippen molar-refractivity contribution in [2.75, 3.05) is 26.6 Å². The Morgan fingerprint density at radius 2 is 1.62 bits per heavy atom. The van der Waals surface area contributed by atoms with Gasteiger partial charge in [0.05, 0.1) is 33.1 Å². The summed E-state index contributed by atoms with van der Waals surface area (Å²) >= 11 is 7.33. The number of benzene rings is 3. The van der Waals surface area contributed by atoms with Crippen LogP contribution in [0.4, 0.5) is 5.69 Å². The van der Waals surface area contributed by atoms with Gasteiger partial charge in [0.2, 0.25) is 5.91 Å². The molecule has 0 saturated carbocycles. The van der Waals surface area contributed by atoms with Crippen LogP contribution in [-0.4, -0.2) is 54.3 Å². The van der Waals surface area contributed by atoms with Crippen LogP contribution in [0.1, 0.15) is 30.0 Å². The number of carbonyl (C=O) groups excluding carboxylic acids is 2. The van der Waals surface area contributed by atoms with Gasteiger partial charge in [-0.25, -0.2) is 5.01 Å². The molecule has 0 fully saturated rings. The lowest BCUT2D eigenvalue weighted by atomic mass is 9.98. The normalized spacial score (nSPS) is 18.3. The maximum absolute atomic E-state index is 12.9. The second-order valence-corrected chi connectivity index (χ2v) is 10.7. The number of carbonyl (C=O) groups is 2. The van der Waals surface area contributed by atoms with Crippen LogP contribution in [0.15, 0.2) is 76.8 Å². The van der Waals surface area contributed by atoms with Crippen LogP contribution >= 0.6 is 23.4 Å². The fourth-order valence-electron chi connectivity index (χ4n) is 4.45.